The van der Waals surface area contributed by atoms with Gasteiger partial charge in [-0.05, 0) is 104 Å². The second kappa shape index (κ2) is 13.3. The van der Waals surface area contributed by atoms with Crippen LogP contribution in [-0.2, 0) is 23.1 Å². The van der Waals surface area contributed by atoms with Crippen molar-refractivity contribution in [1.29, 1.82) is 0 Å². The Morgan fingerprint density at radius 2 is 1.80 bits per heavy atom. The van der Waals surface area contributed by atoms with Gasteiger partial charge in [-0.15, -0.1) is 0 Å². The standard InChI is InChI=1S/C34H52N5O10P/c1-17(20-5-6-21-26-22(9-11-34(20,21)3)33(2)10-8-19(40)12-18(33)13-23(26)41)4-7-25(42)49-50(45,46)47-14-24-28(43)29(44)32(48-24)39-16-38-27-30(35)36-15-37-31(27)39/h15-24,26,28-29,32,40-41,43-44H,4-14H2,1-3H3,(H,45,46)(H2,35,36,37)/t17-,18+,19-,20-,21+,22+,23+,24-,26+,28-,29-,32-,33+,34-/m1/s1. The Morgan fingerprint density at radius 3 is 2.58 bits per heavy atom. The Kier molecular flexibility index (Phi) is 9.63. The summed E-state index contributed by atoms with van der Waals surface area (Å²) in [7, 11) is -4.86. The number of aromatic nitrogens is 4. The zero-order chi connectivity index (χ0) is 35.7. The molecule has 7 N–H and O–H groups in total. The predicted octanol–water partition coefficient (Wildman–Crippen LogP) is 3.09. The summed E-state index contributed by atoms with van der Waals surface area (Å²) >= 11 is 0. The van der Waals surface area contributed by atoms with Crippen LogP contribution in [0.2, 0.25) is 0 Å². The Labute approximate surface area is 291 Å². The lowest BCUT2D eigenvalue weighted by Crippen LogP contribution is -2.58. The van der Waals surface area contributed by atoms with Gasteiger partial charge in [-0.25, -0.2) is 19.5 Å². The van der Waals surface area contributed by atoms with Crippen LogP contribution in [0.15, 0.2) is 12.7 Å². The summed E-state index contributed by atoms with van der Waals surface area (Å²) in [5.41, 5.74) is 6.57. The molecule has 4 aliphatic carbocycles. The summed E-state index contributed by atoms with van der Waals surface area (Å²) in [5, 5.41) is 43.1. The highest BCUT2D eigenvalue weighted by Gasteiger charge is 2.63. The van der Waals surface area contributed by atoms with Crippen LogP contribution in [0.1, 0.15) is 91.2 Å². The Balaban J connectivity index is 0.913. The lowest BCUT2D eigenvalue weighted by Gasteiger charge is -2.62. The zero-order valence-electron chi connectivity index (χ0n) is 29.0. The number of ether oxygens (including phenoxy) is 1. The van der Waals surface area contributed by atoms with Gasteiger partial charge in [0, 0.05) is 6.42 Å². The van der Waals surface area contributed by atoms with E-state index in [4.69, 9.17) is 19.5 Å². The molecule has 15 nitrogen and oxygen atoms in total. The summed E-state index contributed by atoms with van der Waals surface area (Å²) in [6.45, 7) is 6.26. The maximum Gasteiger partial charge on any atom is 0.529 e. The molecule has 16 heteroatoms. The molecule has 0 aromatic carbocycles. The molecule has 1 saturated heterocycles. The van der Waals surface area contributed by atoms with E-state index in [1.54, 1.807) is 0 Å². The van der Waals surface area contributed by atoms with Crippen molar-refractivity contribution in [2.24, 2.45) is 46.3 Å². The molecule has 5 fully saturated rings. The number of carbonyl (C=O) groups excluding carboxylic acids is 1. The van der Waals surface area contributed by atoms with E-state index in [0.29, 0.717) is 30.1 Å². The molecule has 0 amide bonds. The minimum atomic E-state index is -4.86. The van der Waals surface area contributed by atoms with Crippen LogP contribution in [0.3, 0.4) is 0 Å². The van der Waals surface area contributed by atoms with E-state index in [2.05, 4.69) is 35.7 Å². The van der Waals surface area contributed by atoms with Gasteiger partial charge in [0.05, 0.1) is 25.1 Å². The fraction of sp³-hybridized carbons (Fsp3) is 0.824. The number of rotatable bonds is 9. The van der Waals surface area contributed by atoms with Crippen molar-refractivity contribution in [2.45, 2.75) is 122 Å². The summed E-state index contributed by atoms with van der Waals surface area (Å²) in [4.78, 5) is 35.3. The second-order valence-electron chi connectivity index (χ2n) is 16.3. The van der Waals surface area contributed by atoms with E-state index in [0.717, 1.165) is 51.4 Å². The Morgan fingerprint density at radius 1 is 1.06 bits per heavy atom. The summed E-state index contributed by atoms with van der Waals surface area (Å²) < 4.78 is 29.8. The third-order valence-corrected chi connectivity index (χ3v) is 14.7. The minimum absolute atomic E-state index is 0.0331. The van der Waals surface area contributed by atoms with Gasteiger partial charge in [-0.1, -0.05) is 20.8 Å². The molecule has 3 heterocycles. The predicted molar refractivity (Wildman–Crippen MR) is 179 cm³/mol. The van der Waals surface area contributed by atoms with E-state index < -0.39 is 44.9 Å². The molecule has 0 bridgehead atoms. The molecule has 0 spiro atoms. The van der Waals surface area contributed by atoms with Crippen LogP contribution in [0.4, 0.5) is 5.82 Å². The van der Waals surface area contributed by atoms with Crippen molar-refractivity contribution >= 4 is 30.8 Å². The fourth-order valence-corrected chi connectivity index (χ4v) is 12.0. The van der Waals surface area contributed by atoms with Gasteiger partial charge in [0.1, 0.15) is 30.2 Å². The van der Waals surface area contributed by atoms with Crippen LogP contribution in [-0.4, -0.2) is 87.9 Å². The number of nitrogen functional groups attached to an aromatic ring is 1. The van der Waals surface area contributed by atoms with E-state index in [-0.39, 0.29) is 58.3 Å². The first kappa shape index (κ1) is 36.1. The molecule has 7 rings (SSSR count). The number of imidazole rings is 1. The highest BCUT2D eigenvalue weighted by atomic mass is 31.2. The average molecular weight is 722 g/mol. The average Bonchev–Trinajstić information content (AvgIpc) is 3.73. The van der Waals surface area contributed by atoms with Gasteiger partial charge in [-0.2, -0.15) is 0 Å². The summed E-state index contributed by atoms with van der Waals surface area (Å²) in [6.07, 6.45) is 4.62. The highest BCUT2D eigenvalue weighted by molar-refractivity contribution is 7.48. The van der Waals surface area contributed by atoms with Crippen molar-refractivity contribution in [3.63, 3.8) is 0 Å². The van der Waals surface area contributed by atoms with Crippen LogP contribution in [0, 0.1) is 46.3 Å². The zero-order valence-corrected chi connectivity index (χ0v) is 29.8. The highest BCUT2D eigenvalue weighted by Crippen LogP contribution is 2.68. The number of nitrogens with zero attached hydrogens (tertiary/aromatic N) is 4. The van der Waals surface area contributed by atoms with Crippen LogP contribution in [0.25, 0.3) is 11.2 Å². The molecule has 278 valence electrons. The number of anilines is 1. The normalized spacial score (nSPS) is 43.1. The van der Waals surface area contributed by atoms with Crippen LogP contribution < -0.4 is 5.73 Å². The molecular formula is C34H52N5O10P. The number of aliphatic hydroxyl groups is 4. The number of aliphatic hydroxyl groups excluding tert-OH is 4. The molecule has 2 aromatic heterocycles. The quantitative estimate of drug-likeness (QED) is 0.204. The topological polar surface area (TPSA) is 233 Å². The van der Waals surface area contributed by atoms with Crippen molar-refractivity contribution < 1.29 is 48.5 Å². The van der Waals surface area contributed by atoms with E-state index in [1.165, 1.54) is 17.2 Å². The largest absolute Gasteiger partial charge is 0.529 e. The number of carbonyl (C=O) groups is 1. The smallest absolute Gasteiger partial charge is 0.393 e. The maximum absolute atomic E-state index is 12.8. The van der Waals surface area contributed by atoms with Crippen molar-refractivity contribution in [3.05, 3.63) is 12.7 Å². The fourth-order valence-electron chi connectivity index (χ4n) is 11.2. The lowest BCUT2D eigenvalue weighted by molar-refractivity contribution is -0.174. The van der Waals surface area contributed by atoms with Gasteiger partial charge in [-0.3, -0.25) is 18.8 Å². The molecule has 5 aliphatic rings. The molecule has 15 atom stereocenters. The molecule has 50 heavy (non-hydrogen) atoms. The molecule has 4 saturated carbocycles. The summed E-state index contributed by atoms with van der Waals surface area (Å²) in [6, 6.07) is 0. The van der Waals surface area contributed by atoms with Crippen LogP contribution in [0.5, 0.6) is 0 Å². The molecule has 1 unspecified atom stereocenters. The van der Waals surface area contributed by atoms with Crippen molar-refractivity contribution in [3.8, 4) is 0 Å². The van der Waals surface area contributed by atoms with Gasteiger partial charge in [0.25, 0.3) is 0 Å². The van der Waals surface area contributed by atoms with E-state index in [1.807, 2.05) is 0 Å². The number of phosphoric acid groups is 1. The monoisotopic (exact) mass is 721 g/mol. The van der Waals surface area contributed by atoms with Crippen molar-refractivity contribution in [1.82, 2.24) is 19.5 Å². The van der Waals surface area contributed by atoms with Gasteiger partial charge in [0.15, 0.2) is 17.7 Å². The number of hydrogen-bond donors (Lipinski definition) is 6. The molecule has 1 aliphatic heterocycles. The number of phosphoric ester groups is 1. The first-order valence-corrected chi connectivity index (χ1v) is 19.6. The van der Waals surface area contributed by atoms with E-state index >= 15 is 0 Å². The minimum Gasteiger partial charge on any atom is -0.393 e. The molecular weight excluding hydrogens is 669 g/mol. The van der Waals surface area contributed by atoms with Crippen LogP contribution >= 0.6 is 7.82 Å². The third-order valence-electron chi connectivity index (χ3n) is 13.8. The number of nitrogens with two attached hydrogens (primary N) is 1. The lowest BCUT2D eigenvalue weighted by atomic mass is 9.43. The first-order valence-electron chi connectivity index (χ1n) is 18.1. The number of hydrogen-bond acceptors (Lipinski definition) is 13. The first-order chi connectivity index (χ1) is 23.6. The maximum atomic E-state index is 12.8. The molecule has 2 aromatic rings. The Bertz CT molecular complexity index is 1630. The second-order valence-corrected chi connectivity index (χ2v) is 17.7. The summed E-state index contributed by atoms with van der Waals surface area (Å²) in [5.74, 6) is 1.23. The van der Waals surface area contributed by atoms with Gasteiger partial charge in [0.2, 0.25) is 0 Å². The van der Waals surface area contributed by atoms with Gasteiger partial charge < -0.3 is 35.4 Å². The SMILES string of the molecule is C[C@H](CCC(=O)OP(=O)(O)OC[C@H]1O[C@@H](n2cnc3c(N)ncnc32)[C@H](O)[C@@H]1O)[C@H]1CC[C@H]2[C@@H]3[C@@H](O)C[C@@H]4C[C@H](O)CC[C@]4(C)[C@H]3CC[C@]12C. The van der Waals surface area contributed by atoms with Crippen molar-refractivity contribution in [2.75, 3.05) is 12.3 Å². The van der Waals surface area contributed by atoms with E-state index in [9.17, 15) is 34.7 Å². The number of fused-ring (bicyclic) bond motifs is 6. The molecule has 0 radical (unpaired) electrons. The third kappa shape index (κ3) is 6.19. The van der Waals surface area contributed by atoms with Gasteiger partial charge >= 0.3 is 13.8 Å². The Hall–Kier alpha value is -2.23.